The lowest BCUT2D eigenvalue weighted by Crippen LogP contribution is -2.43. The van der Waals surface area contributed by atoms with E-state index in [0.29, 0.717) is 30.5 Å². The predicted molar refractivity (Wildman–Crippen MR) is 132 cm³/mol. The number of pyridine rings is 1. The fourth-order valence-electron chi connectivity index (χ4n) is 4.31. The van der Waals surface area contributed by atoms with Crippen molar-refractivity contribution in [3.63, 3.8) is 0 Å². The van der Waals surface area contributed by atoms with E-state index in [1.807, 2.05) is 19.1 Å². The Labute approximate surface area is 216 Å². The van der Waals surface area contributed by atoms with Crippen LogP contribution in [0.3, 0.4) is 0 Å². The number of aromatic nitrogens is 2. The molecule has 1 aliphatic heterocycles. The van der Waals surface area contributed by atoms with E-state index in [1.54, 1.807) is 6.20 Å². The topological polar surface area (TPSA) is 67.3 Å². The number of alkyl halides is 2. The first-order valence-electron chi connectivity index (χ1n) is 11.6. The molecule has 1 aliphatic rings. The number of amides is 1. The molecule has 1 amide bonds. The lowest BCUT2D eigenvalue weighted by Gasteiger charge is -2.37. The summed E-state index contributed by atoms with van der Waals surface area (Å²) in [6.07, 6.45) is 0.530. The van der Waals surface area contributed by atoms with Gasteiger partial charge in [-0.25, -0.2) is 23.1 Å². The summed E-state index contributed by atoms with van der Waals surface area (Å²) >= 11 is 7.15. The fourth-order valence-corrected chi connectivity index (χ4v) is 5.49. The Kier molecular flexibility index (Phi) is 8.81. The van der Waals surface area contributed by atoms with Gasteiger partial charge in [-0.15, -0.1) is 11.3 Å². The Morgan fingerprint density at radius 2 is 2.03 bits per heavy atom. The smallest absolute Gasteiger partial charge is 0.281 e. The number of likely N-dealkylation sites (tertiary alicyclic amines) is 1. The Hall–Kier alpha value is -2.69. The van der Waals surface area contributed by atoms with Crippen LogP contribution < -0.4 is 10.1 Å². The number of nitrogens with zero attached hydrogens (tertiary/aromatic N) is 3. The highest BCUT2D eigenvalue weighted by Gasteiger charge is 2.32. The number of carbonyl (C=O) groups is 1. The van der Waals surface area contributed by atoms with E-state index >= 15 is 0 Å². The molecule has 0 bridgehead atoms. The Morgan fingerprint density at radius 3 is 2.72 bits per heavy atom. The van der Waals surface area contributed by atoms with E-state index in [4.69, 9.17) is 16.3 Å². The minimum absolute atomic E-state index is 0.0136. The summed E-state index contributed by atoms with van der Waals surface area (Å²) < 4.78 is 47.4. The number of hydrogen-bond acceptors (Lipinski definition) is 6. The fraction of sp³-hybridized carbons (Fsp3) is 0.400. The second-order valence-electron chi connectivity index (χ2n) is 8.64. The van der Waals surface area contributed by atoms with E-state index in [1.165, 1.54) is 17.6 Å². The number of nitrogens with one attached hydrogen (secondary N) is 1. The summed E-state index contributed by atoms with van der Waals surface area (Å²) in [6, 6.07) is 7.24. The molecule has 6 nitrogen and oxygen atoms in total. The van der Waals surface area contributed by atoms with Crippen LogP contribution in [0.15, 0.2) is 42.0 Å². The van der Waals surface area contributed by atoms with Gasteiger partial charge in [-0.2, -0.15) is 0 Å². The quantitative estimate of drug-likeness (QED) is 0.371. The van der Waals surface area contributed by atoms with Crippen LogP contribution in [0.2, 0.25) is 5.02 Å². The van der Waals surface area contributed by atoms with Gasteiger partial charge in [-0.3, -0.25) is 9.69 Å². The largest absolute Gasteiger partial charge is 0.477 e. The zero-order valence-corrected chi connectivity index (χ0v) is 21.2. The first-order chi connectivity index (χ1) is 17.3. The number of rotatable bonds is 9. The molecule has 2 aromatic heterocycles. The van der Waals surface area contributed by atoms with Crippen LogP contribution in [0, 0.1) is 18.7 Å². The Balaban J connectivity index is 1.44. The molecular formula is C25H26ClF3N4O2S. The third kappa shape index (κ3) is 6.16. The molecule has 3 heterocycles. The van der Waals surface area contributed by atoms with Crippen molar-refractivity contribution in [2.45, 2.75) is 32.2 Å². The van der Waals surface area contributed by atoms with Gasteiger partial charge in [0, 0.05) is 18.3 Å². The van der Waals surface area contributed by atoms with Crippen LogP contribution in [-0.4, -0.2) is 47.0 Å². The molecule has 1 aromatic carbocycles. The van der Waals surface area contributed by atoms with Gasteiger partial charge >= 0.3 is 0 Å². The van der Waals surface area contributed by atoms with Crippen molar-refractivity contribution in [1.82, 2.24) is 20.2 Å². The molecular weight excluding hydrogens is 513 g/mol. The summed E-state index contributed by atoms with van der Waals surface area (Å²) in [4.78, 5) is 23.3. The SMILES string of the molecule is Cc1cccnc1OCC1CCN(C(CNC(=O)c2c(F)cccc2Cl)c2scnc2C(F)F)CC1. The first-order valence-corrected chi connectivity index (χ1v) is 12.8. The Bertz CT molecular complexity index is 1170. The lowest BCUT2D eigenvalue weighted by atomic mass is 9.96. The zero-order chi connectivity index (χ0) is 25.7. The van der Waals surface area contributed by atoms with Crippen molar-refractivity contribution in [3.8, 4) is 5.88 Å². The lowest BCUT2D eigenvalue weighted by molar-refractivity contribution is 0.0867. The van der Waals surface area contributed by atoms with Gasteiger partial charge < -0.3 is 10.1 Å². The van der Waals surface area contributed by atoms with E-state index < -0.39 is 24.2 Å². The van der Waals surface area contributed by atoms with Gasteiger partial charge in [0.2, 0.25) is 5.88 Å². The number of thiazole rings is 1. The molecule has 36 heavy (non-hydrogen) atoms. The molecule has 0 radical (unpaired) electrons. The molecule has 4 rings (SSSR count). The molecule has 0 spiro atoms. The van der Waals surface area contributed by atoms with Crippen LogP contribution in [-0.2, 0) is 0 Å². The number of carbonyl (C=O) groups excluding carboxylic acids is 1. The molecule has 1 saturated heterocycles. The molecule has 0 aliphatic carbocycles. The molecule has 0 saturated carbocycles. The van der Waals surface area contributed by atoms with Gasteiger partial charge in [-0.1, -0.05) is 23.7 Å². The summed E-state index contributed by atoms with van der Waals surface area (Å²) in [5, 5.41) is 2.68. The molecule has 3 aromatic rings. The van der Waals surface area contributed by atoms with Crippen molar-refractivity contribution in [1.29, 1.82) is 0 Å². The predicted octanol–water partition coefficient (Wildman–Crippen LogP) is 5.84. The molecule has 192 valence electrons. The number of halogens is 4. The summed E-state index contributed by atoms with van der Waals surface area (Å²) in [5.74, 6) is -0.545. The first kappa shape index (κ1) is 26.4. The number of ether oxygens (including phenoxy) is 1. The molecule has 1 atom stereocenters. The van der Waals surface area contributed by atoms with Gasteiger partial charge in [0.15, 0.2) is 0 Å². The second kappa shape index (κ2) is 12.0. The average Bonchev–Trinajstić information content (AvgIpc) is 3.34. The van der Waals surface area contributed by atoms with Crippen molar-refractivity contribution < 1.29 is 22.7 Å². The highest BCUT2D eigenvalue weighted by Crippen LogP contribution is 2.35. The standard InChI is InChI=1S/C25H26ClF3N4O2S/c1-15-4-3-9-30-25(15)35-13-16-7-10-33(11-8-16)19(22-21(23(28)29)32-14-36-22)12-31-24(34)20-17(26)5-2-6-18(20)27/h2-6,9,14,16,19,23H,7-8,10-13H2,1H3,(H,31,34). The van der Waals surface area contributed by atoms with Crippen LogP contribution in [0.4, 0.5) is 13.2 Å². The third-order valence-corrected chi connectivity index (χ3v) is 7.55. The van der Waals surface area contributed by atoms with Crippen molar-refractivity contribution >= 4 is 28.8 Å². The van der Waals surface area contributed by atoms with E-state index in [-0.39, 0.29) is 28.7 Å². The maximum Gasteiger partial charge on any atom is 0.281 e. The zero-order valence-electron chi connectivity index (χ0n) is 19.6. The number of benzene rings is 1. The molecule has 11 heteroatoms. The number of piperidine rings is 1. The van der Waals surface area contributed by atoms with E-state index in [9.17, 15) is 18.0 Å². The van der Waals surface area contributed by atoms with Crippen LogP contribution >= 0.6 is 22.9 Å². The second-order valence-corrected chi connectivity index (χ2v) is 9.93. The monoisotopic (exact) mass is 538 g/mol. The molecule has 1 fully saturated rings. The summed E-state index contributed by atoms with van der Waals surface area (Å²) in [6.45, 7) is 3.71. The maximum atomic E-state index is 14.2. The van der Waals surface area contributed by atoms with E-state index in [0.717, 1.165) is 35.8 Å². The Morgan fingerprint density at radius 1 is 1.25 bits per heavy atom. The van der Waals surface area contributed by atoms with Crippen LogP contribution in [0.1, 0.15) is 51.8 Å². The normalized spacial score (nSPS) is 15.7. The summed E-state index contributed by atoms with van der Waals surface area (Å²) in [5.41, 5.74) is 1.79. The van der Waals surface area contributed by atoms with Crippen molar-refractivity contribution in [2.24, 2.45) is 5.92 Å². The van der Waals surface area contributed by atoms with Crippen LogP contribution in [0.25, 0.3) is 0 Å². The van der Waals surface area contributed by atoms with Crippen molar-refractivity contribution in [2.75, 3.05) is 26.2 Å². The minimum Gasteiger partial charge on any atom is -0.477 e. The van der Waals surface area contributed by atoms with Gasteiger partial charge in [0.1, 0.15) is 11.5 Å². The summed E-state index contributed by atoms with van der Waals surface area (Å²) in [7, 11) is 0. The van der Waals surface area contributed by atoms with Crippen LogP contribution in [0.5, 0.6) is 5.88 Å². The average molecular weight is 539 g/mol. The van der Waals surface area contributed by atoms with E-state index in [2.05, 4.69) is 20.2 Å². The van der Waals surface area contributed by atoms with Crippen molar-refractivity contribution in [3.05, 3.63) is 74.6 Å². The van der Waals surface area contributed by atoms with Gasteiger partial charge in [0.25, 0.3) is 12.3 Å². The number of aryl methyl sites for hydroxylation is 1. The number of hydrogen-bond donors (Lipinski definition) is 1. The van der Waals surface area contributed by atoms with Gasteiger partial charge in [-0.05, 0) is 57.0 Å². The highest BCUT2D eigenvalue weighted by molar-refractivity contribution is 7.09. The molecule has 1 N–H and O–H groups in total. The van der Waals surface area contributed by atoms with Gasteiger partial charge in [0.05, 0.1) is 33.6 Å². The highest BCUT2D eigenvalue weighted by atomic mass is 35.5. The maximum absolute atomic E-state index is 14.2. The third-order valence-electron chi connectivity index (χ3n) is 6.29. The molecule has 1 unspecified atom stereocenters. The minimum atomic E-state index is -2.74.